The minimum absolute atomic E-state index is 0.177. The number of nitrogens with zero attached hydrogens (tertiary/aromatic N) is 3. The Labute approximate surface area is 145 Å². The van der Waals surface area contributed by atoms with Crippen molar-refractivity contribution in [3.63, 3.8) is 0 Å². The normalized spacial score (nSPS) is 23.1. The molecule has 0 aromatic carbocycles. The molecule has 0 unspecified atom stereocenters. The van der Waals surface area contributed by atoms with E-state index < -0.39 is 0 Å². The number of hydrogen-bond donors (Lipinski definition) is 1. The van der Waals surface area contributed by atoms with Crippen LogP contribution in [0.1, 0.15) is 56.6 Å². The van der Waals surface area contributed by atoms with Gasteiger partial charge in [-0.3, -0.25) is 19.6 Å². The quantitative estimate of drug-likeness (QED) is 0.871. The van der Waals surface area contributed by atoms with Crippen LogP contribution in [0.25, 0.3) is 0 Å². The van der Waals surface area contributed by atoms with Gasteiger partial charge in [-0.05, 0) is 56.9 Å². The van der Waals surface area contributed by atoms with Gasteiger partial charge < -0.3 is 5.32 Å². The van der Waals surface area contributed by atoms with E-state index in [1.54, 1.807) is 0 Å². The lowest BCUT2D eigenvalue weighted by Crippen LogP contribution is -2.42. The third-order valence-electron chi connectivity index (χ3n) is 5.26. The maximum Gasteiger partial charge on any atom is 0.222 e. The number of pyridine rings is 1. The first-order chi connectivity index (χ1) is 11.8. The molecule has 0 spiro atoms. The Balaban J connectivity index is 1.44. The molecule has 1 amide bonds. The van der Waals surface area contributed by atoms with Gasteiger partial charge >= 0.3 is 0 Å². The summed E-state index contributed by atoms with van der Waals surface area (Å²) in [6.07, 6.45) is 11.9. The highest BCUT2D eigenvalue weighted by atomic mass is 16.1. The largest absolute Gasteiger partial charge is 0.343 e. The van der Waals surface area contributed by atoms with Gasteiger partial charge in [-0.2, -0.15) is 0 Å². The van der Waals surface area contributed by atoms with E-state index in [0.29, 0.717) is 19.1 Å². The van der Waals surface area contributed by atoms with E-state index in [4.69, 9.17) is 0 Å². The lowest BCUT2D eigenvalue weighted by Gasteiger charge is -2.35. The summed E-state index contributed by atoms with van der Waals surface area (Å²) in [7, 11) is 0. The molecule has 132 valence electrons. The van der Waals surface area contributed by atoms with Crippen molar-refractivity contribution in [2.24, 2.45) is 0 Å². The van der Waals surface area contributed by atoms with Crippen LogP contribution in [0.15, 0.2) is 24.5 Å². The average molecular weight is 330 g/mol. The van der Waals surface area contributed by atoms with Gasteiger partial charge in [0.2, 0.25) is 5.91 Å². The highest BCUT2D eigenvalue weighted by Gasteiger charge is 2.24. The van der Waals surface area contributed by atoms with Crippen LogP contribution in [0.4, 0.5) is 0 Å². The maximum atomic E-state index is 12.2. The van der Waals surface area contributed by atoms with Gasteiger partial charge in [-0.1, -0.05) is 18.9 Å². The number of aromatic nitrogens is 1. The zero-order valence-corrected chi connectivity index (χ0v) is 14.6. The minimum atomic E-state index is 0.177. The van der Waals surface area contributed by atoms with Gasteiger partial charge in [-0.15, -0.1) is 0 Å². The molecule has 0 bridgehead atoms. The van der Waals surface area contributed by atoms with Crippen molar-refractivity contribution in [3.05, 3.63) is 30.1 Å². The Kier molecular flexibility index (Phi) is 6.61. The Morgan fingerprint density at radius 3 is 2.79 bits per heavy atom. The van der Waals surface area contributed by atoms with E-state index in [2.05, 4.69) is 26.2 Å². The van der Waals surface area contributed by atoms with E-state index in [0.717, 1.165) is 26.2 Å². The van der Waals surface area contributed by atoms with Crippen molar-refractivity contribution in [2.75, 3.05) is 32.8 Å². The maximum absolute atomic E-state index is 12.2. The van der Waals surface area contributed by atoms with Crippen LogP contribution in [0, 0.1) is 0 Å². The van der Waals surface area contributed by atoms with Gasteiger partial charge in [0.05, 0.1) is 6.67 Å². The molecule has 0 radical (unpaired) electrons. The van der Waals surface area contributed by atoms with Crippen LogP contribution < -0.4 is 5.32 Å². The van der Waals surface area contributed by atoms with Gasteiger partial charge in [0.25, 0.3) is 0 Å². The molecule has 2 aliphatic rings. The summed E-state index contributed by atoms with van der Waals surface area (Å²) >= 11 is 0. The average Bonchev–Trinajstić information content (AvgIpc) is 2.66. The number of rotatable bonds is 6. The molecule has 3 rings (SSSR count). The molecule has 0 aliphatic carbocycles. The van der Waals surface area contributed by atoms with Crippen molar-refractivity contribution in [1.82, 2.24) is 20.1 Å². The van der Waals surface area contributed by atoms with Gasteiger partial charge in [0.15, 0.2) is 0 Å². The summed E-state index contributed by atoms with van der Waals surface area (Å²) in [6.45, 7) is 4.88. The third kappa shape index (κ3) is 5.02. The number of hydrogen-bond acceptors (Lipinski definition) is 4. The zero-order chi connectivity index (χ0) is 16.6. The number of amides is 1. The molecule has 5 nitrogen and oxygen atoms in total. The topological polar surface area (TPSA) is 48.5 Å². The fraction of sp³-hybridized carbons (Fsp3) is 0.684. The van der Waals surface area contributed by atoms with Gasteiger partial charge in [0, 0.05) is 31.4 Å². The molecule has 2 fully saturated rings. The van der Waals surface area contributed by atoms with Crippen molar-refractivity contribution in [2.45, 2.75) is 51.0 Å². The van der Waals surface area contributed by atoms with E-state index >= 15 is 0 Å². The summed E-state index contributed by atoms with van der Waals surface area (Å²) in [6, 6.07) is 4.59. The third-order valence-corrected chi connectivity index (χ3v) is 5.26. The first kappa shape index (κ1) is 17.4. The van der Waals surface area contributed by atoms with E-state index in [1.807, 2.05) is 18.5 Å². The van der Waals surface area contributed by atoms with Crippen LogP contribution in [-0.2, 0) is 4.79 Å². The standard InChI is InChI=1S/C19H30N4O/c24-19(21-16-22-11-3-1-4-12-22)9-14-23-13-5-2-8-18(23)17-7-6-10-20-15-17/h6-7,10,15,18H,1-5,8-9,11-14,16H2,(H,21,24)/t18-/m1/s1. The van der Waals surface area contributed by atoms with Crippen LogP contribution in [0.5, 0.6) is 0 Å². The monoisotopic (exact) mass is 330 g/mol. The van der Waals surface area contributed by atoms with E-state index in [9.17, 15) is 4.79 Å². The lowest BCUT2D eigenvalue weighted by molar-refractivity contribution is -0.122. The summed E-state index contributed by atoms with van der Waals surface area (Å²) in [5, 5.41) is 3.09. The fourth-order valence-corrected chi connectivity index (χ4v) is 3.86. The molecule has 5 heteroatoms. The van der Waals surface area contributed by atoms with Crippen molar-refractivity contribution >= 4 is 5.91 Å². The molecule has 1 aromatic rings. The van der Waals surface area contributed by atoms with Crippen LogP contribution in [0.2, 0.25) is 0 Å². The molecule has 1 atom stereocenters. The van der Waals surface area contributed by atoms with Crippen LogP contribution >= 0.6 is 0 Å². The molecule has 3 heterocycles. The number of carbonyl (C=O) groups excluding carboxylic acids is 1. The zero-order valence-electron chi connectivity index (χ0n) is 14.6. The van der Waals surface area contributed by atoms with Gasteiger partial charge in [-0.25, -0.2) is 0 Å². The molecular formula is C19H30N4O. The van der Waals surface area contributed by atoms with E-state index in [1.165, 1.54) is 44.1 Å². The van der Waals surface area contributed by atoms with Crippen molar-refractivity contribution in [3.8, 4) is 0 Å². The molecule has 1 N–H and O–H groups in total. The second-order valence-corrected chi connectivity index (χ2v) is 7.02. The second kappa shape index (κ2) is 9.14. The highest BCUT2D eigenvalue weighted by Crippen LogP contribution is 2.30. The number of likely N-dealkylation sites (tertiary alicyclic amines) is 2. The Hall–Kier alpha value is -1.46. The molecule has 1 aromatic heterocycles. The SMILES string of the molecule is O=C(CCN1CCCC[C@@H]1c1cccnc1)NCN1CCCCC1. The predicted octanol–water partition coefficient (Wildman–Crippen LogP) is 2.56. The van der Waals surface area contributed by atoms with Crippen molar-refractivity contribution in [1.29, 1.82) is 0 Å². The molecule has 2 saturated heterocycles. The van der Waals surface area contributed by atoms with E-state index in [-0.39, 0.29) is 5.91 Å². The summed E-state index contributed by atoms with van der Waals surface area (Å²) in [4.78, 5) is 21.3. The second-order valence-electron chi connectivity index (χ2n) is 7.02. The Morgan fingerprint density at radius 2 is 2.00 bits per heavy atom. The molecule has 24 heavy (non-hydrogen) atoms. The smallest absolute Gasteiger partial charge is 0.222 e. The molecule has 2 aliphatic heterocycles. The number of piperidine rings is 2. The first-order valence-electron chi connectivity index (χ1n) is 9.46. The van der Waals surface area contributed by atoms with Crippen LogP contribution in [-0.4, -0.2) is 53.5 Å². The Bertz CT molecular complexity index is 501. The first-order valence-corrected chi connectivity index (χ1v) is 9.46. The number of nitrogens with one attached hydrogen (secondary N) is 1. The lowest BCUT2D eigenvalue weighted by atomic mass is 9.96. The summed E-state index contributed by atoms with van der Waals surface area (Å²) in [5.74, 6) is 0.177. The summed E-state index contributed by atoms with van der Waals surface area (Å²) in [5.41, 5.74) is 1.28. The minimum Gasteiger partial charge on any atom is -0.343 e. The summed E-state index contributed by atoms with van der Waals surface area (Å²) < 4.78 is 0. The highest BCUT2D eigenvalue weighted by molar-refractivity contribution is 5.75. The molecular weight excluding hydrogens is 300 g/mol. The Morgan fingerprint density at radius 1 is 1.17 bits per heavy atom. The van der Waals surface area contributed by atoms with Crippen molar-refractivity contribution < 1.29 is 4.79 Å². The predicted molar refractivity (Wildman–Crippen MR) is 95.5 cm³/mol. The van der Waals surface area contributed by atoms with Crippen LogP contribution in [0.3, 0.4) is 0 Å². The number of carbonyl (C=O) groups is 1. The fourth-order valence-electron chi connectivity index (χ4n) is 3.86. The molecule has 0 saturated carbocycles. The van der Waals surface area contributed by atoms with Gasteiger partial charge in [0.1, 0.15) is 0 Å².